The first-order valence-corrected chi connectivity index (χ1v) is 12.7. The maximum Gasteiger partial charge on any atom is 0.255 e. The van der Waals surface area contributed by atoms with Gasteiger partial charge >= 0.3 is 0 Å². The number of hydrogen-bond acceptors (Lipinski definition) is 5. The number of carbonyl (C=O) groups is 3. The molecule has 1 unspecified atom stereocenters. The number of piperidine rings is 2. The quantitative estimate of drug-likeness (QED) is 0.659. The Balaban J connectivity index is 1.25. The van der Waals surface area contributed by atoms with Crippen molar-refractivity contribution in [1.29, 1.82) is 0 Å². The van der Waals surface area contributed by atoms with E-state index in [1.54, 1.807) is 0 Å². The Bertz CT molecular complexity index is 1210. The highest BCUT2D eigenvalue weighted by Gasteiger charge is 2.40. The zero-order chi connectivity index (χ0) is 25.6. The van der Waals surface area contributed by atoms with E-state index in [0.29, 0.717) is 17.5 Å². The fourth-order valence-electron chi connectivity index (χ4n) is 5.56. The number of likely N-dealkylation sites (tertiary alicyclic amines) is 1. The molecule has 8 heteroatoms. The predicted octanol–water partition coefficient (Wildman–Crippen LogP) is 3.66. The summed E-state index contributed by atoms with van der Waals surface area (Å²) in [4.78, 5) is 45.1. The molecule has 2 fully saturated rings. The molecule has 36 heavy (non-hydrogen) atoms. The van der Waals surface area contributed by atoms with Gasteiger partial charge in [-0.15, -0.1) is 0 Å². The molecule has 7 nitrogen and oxygen atoms in total. The first kappa shape index (κ1) is 24.6. The molecule has 1 aromatic carbocycles. The van der Waals surface area contributed by atoms with Crippen molar-refractivity contribution in [2.24, 2.45) is 0 Å². The lowest BCUT2D eigenvalue weighted by Gasteiger charge is -2.32. The fraction of sp³-hybridized carbons (Fsp3) is 0.500. The van der Waals surface area contributed by atoms with Crippen LogP contribution in [-0.2, 0) is 28.1 Å². The molecule has 0 saturated carbocycles. The van der Waals surface area contributed by atoms with E-state index < -0.39 is 11.9 Å². The largest absolute Gasteiger partial charge is 0.322 e. The van der Waals surface area contributed by atoms with E-state index in [2.05, 4.69) is 48.1 Å². The van der Waals surface area contributed by atoms with Gasteiger partial charge in [-0.05, 0) is 73.2 Å². The summed E-state index contributed by atoms with van der Waals surface area (Å²) < 4.78 is 15.2. The van der Waals surface area contributed by atoms with Crippen LogP contribution < -0.4 is 5.32 Å². The summed E-state index contributed by atoms with van der Waals surface area (Å²) in [6.07, 6.45) is 4.07. The molecule has 0 aliphatic carbocycles. The van der Waals surface area contributed by atoms with Crippen LogP contribution in [0.1, 0.15) is 85.1 Å². The Hall–Kier alpha value is -3.13. The van der Waals surface area contributed by atoms with Gasteiger partial charge < -0.3 is 4.90 Å². The molecule has 2 saturated heterocycles. The maximum atomic E-state index is 15.2. The Kier molecular flexibility index (Phi) is 6.41. The lowest BCUT2D eigenvalue weighted by molar-refractivity contribution is -0.136. The van der Waals surface area contributed by atoms with Gasteiger partial charge in [-0.3, -0.25) is 29.6 Å². The maximum absolute atomic E-state index is 15.2. The van der Waals surface area contributed by atoms with Crippen LogP contribution in [-0.4, -0.2) is 51.6 Å². The number of rotatable bonds is 4. The van der Waals surface area contributed by atoms with Crippen LogP contribution in [0.2, 0.25) is 0 Å². The molecule has 0 bridgehead atoms. The first-order valence-electron chi connectivity index (χ1n) is 12.7. The van der Waals surface area contributed by atoms with Gasteiger partial charge in [0, 0.05) is 42.4 Å². The summed E-state index contributed by atoms with van der Waals surface area (Å²) >= 11 is 0. The zero-order valence-electron chi connectivity index (χ0n) is 21.1. The average molecular weight is 493 g/mol. The monoisotopic (exact) mass is 492 g/mol. The molecule has 1 N–H and O–H groups in total. The van der Waals surface area contributed by atoms with E-state index >= 15 is 4.39 Å². The van der Waals surface area contributed by atoms with Crippen LogP contribution in [0.5, 0.6) is 0 Å². The summed E-state index contributed by atoms with van der Waals surface area (Å²) in [5.41, 5.74) is 4.06. The lowest BCUT2D eigenvalue weighted by Crippen LogP contribution is -2.52. The SMILES string of the molecule is CC(C)(C)c1cc(CN2CCC(c3cc4c(cc3F)C(=O)N(C3CCC(=O)NC3=O)C4)CC2)ccn1. The first-order chi connectivity index (χ1) is 17.1. The second-order valence-corrected chi connectivity index (χ2v) is 11.3. The standard InChI is InChI=1S/C28H33FN4O3/c1-28(2,3)24-12-17(6-9-30-24)15-32-10-7-18(8-11-32)20-13-19-16-33(27(36)21(19)14-22(20)29)23-4-5-25(34)31-26(23)35/h6,9,12-14,18,23H,4-5,7-8,10-11,15-16H2,1-3H3,(H,31,34,35). The van der Waals surface area contributed by atoms with Gasteiger partial charge in [0.05, 0.1) is 0 Å². The highest BCUT2D eigenvalue weighted by molar-refractivity contribution is 6.05. The van der Waals surface area contributed by atoms with Gasteiger partial charge in [-0.1, -0.05) is 26.8 Å². The molecular weight excluding hydrogens is 459 g/mol. The smallest absolute Gasteiger partial charge is 0.255 e. The number of imide groups is 1. The van der Waals surface area contributed by atoms with Gasteiger partial charge in [0.25, 0.3) is 5.91 Å². The number of pyridine rings is 1. The average Bonchev–Trinajstić information content (AvgIpc) is 3.14. The van der Waals surface area contributed by atoms with E-state index in [9.17, 15) is 14.4 Å². The number of aromatic nitrogens is 1. The van der Waals surface area contributed by atoms with Gasteiger partial charge in [-0.25, -0.2) is 4.39 Å². The van der Waals surface area contributed by atoms with E-state index in [1.807, 2.05) is 12.3 Å². The second kappa shape index (κ2) is 9.39. The van der Waals surface area contributed by atoms with Gasteiger partial charge in [0.15, 0.2) is 0 Å². The van der Waals surface area contributed by atoms with Gasteiger partial charge in [0.1, 0.15) is 11.9 Å². The van der Waals surface area contributed by atoms with Gasteiger partial charge in [0.2, 0.25) is 11.8 Å². The Morgan fingerprint density at radius 1 is 1.08 bits per heavy atom. The van der Waals surface area contributed by atoms with E-state index in [4.69, 9.17) is 0 Å². The van der Waals surface area contributed by atoms with Crippen molar-refractivity contribution in [3.63, 3.8) is 0 Å². The summed E-state index contributed by atoms with van der Waals surface area (Å²) in [6.45, 7) is 9.34. The molecule has 1 aromatic heterocycles. The normalized spacial score (nSPS) is 21.6. The number of nitrogens with zero attached hydrogens (tertiary/aromatic N) is 3. The molecule has 0 spiro atoms. The third-order valence-electron chi connectivity index (χ3n) is 7.67. The molecule has 190 valence electrons. The van der Waals surface area contributed by atoms with Crippen molar-refractivity contribution in [2.45, 2.75) is 76.9 Å². The van der Waals surface area contributed by atoms with E-state index in [0.717, 1.165) is 43.7 Å². The minimum atomic E-state index is -0.690. The van der Waals surface area contributed by atoms with Crippen molar-refractivity contribution in [3.8, 4) is 0 Å². The number of hydrogen-bond donors (Lipinski definition) is 1. The topological polar surface area (TPSA) is 82.6 Å². The fourth-order valence-corrected chi connectivity index (χ4v) is 5.56. The molecular formula is C28H33FN4O3. The molecule has 4 heterocycles. The minimum Gasteiger partial charge on any atom is -0.322 e. The third-order valence-corrected chi connectivity index (χ3v) is 7.67. The zero-order valence-corrected chi connectivity index (χ0v) is 21.1. The molecule has 1 atom stereocenters. The Labute approximate surface area is 211 Å². The van der Waals surface area contributed by atoms with E-state index in [-0.39, 0.29) is 41.9 Å². The highest BCUT2D eigenvalue weighted by atomic mass is 19.1. The molecule has 3 aliphatic heterocycles. The van der Waals surface area contributed by atoms with Crippen molar-refractivity contribution >= 4 is 17.7 Å². The van der Waals surface area contributed by atoms with Crippen molar-refractivity contribution in [3.05, 3.63) is 64.2 Å². The van der Waals surface area contributed by atoms with Crippen LogP contribution >= 0.6 is 0 Å². The van der Waals surface area contributed by atoms with Crippen molar-refractivity contribution in [2.75, 3.05) is 13.1 Å². The Morgan fingerprint density at radius 2 is 1.83 bits per heavy atom. The molecule has 3 aliphatic rings. The molecule has 0 radical (unpaired) electrons. The number of halogens is 1. The van der Waals surface area contributed by atoms with Crippen molar-refractivity contribution in [1.82, 2.24) is 20.1 Å². The van der Waals surface area contributed by atoms with Crippen LogP contribution in [0, 0.1) is 5.82 Å². The summed E-state index contributed by atoms with van der Waals surface area (Å²) in [5.74, 6) is -1.38. The van der Waals surface area contributed by atoms with Crippen LogP contribution in [0.3, 0.4) is 0 Å². The van der Waals surface area contributed by atoms with Crippen molar-refractivity contribution < 1.29 is 18.8 Å². The number of carbonyl (C=O) groups excluding carboxylic acids is 3. The Morgan fingerprint density at radius 3 is 2.53 bits per heavy atom. The van der Waals surface area contributed by atoms with Gasteiger partial charge in [-0.2, -0.15) is 0 Å². The van der Waals surface area contributed by atoms with E-state index in [1.165, 1.54) is 16.5 Å². The molecule has 3 amide bonds. The molecule has 5 rings (SSSR count). The lowest BCUT2D eigenvalue weighted by atomic mass is 9.87. The van der Waals surface area contributed by atoms with Crippen LogP contribution in [0.4, 0.5) is 4.39 Å². The second-order valence-electron chi connectivity index (χ2n) is 11.3. The third kappa shape index (κ3) is 4.78. The number of nitrogens with one attached hydrogen (secondary N) is 1. The highest BCUT2D eigenvalue weighted by Crippen LogP contribution is 2.35. The minimum absolute atomic E-state index is 0.00325. The number of amides is 3. The van der Waals surface area contributed by atoms with Crippen LogP contribution in [0.15, 0.2) is 30.5 Å². The summed E-state index contributed by atoms with van der Waals surface area (Å²) in [7, 11) is 0. The predicted molar refractivity (Wildman–Crippen MR) is 133 cm³/mol. The summed E-state index contributed by atoms with van der Waals surface area (Å²) in [6, 6.07) is 6.72. The van der Waals surface area contributed by atoms with Crippen LogP contribution in [0.25, 0.3) is 0 Å². The summed E-state index contributed by atoms with van der Waals surface area (Å²) in [5, 5.41) is 2.31. The molecule has 2 aromatic rings. The number of fused-ring (bicyclic) bond motifs is 1. The number of benzene rings is 1.